The van der Waals surface area contributed by atoms with Crippen LogP contribution in [-0.4, -0.2) is 11.6 Å². The zero-order chi connectivity index (χ0) is 18.9. The summed E-state index contributed by atoms with van der Waals surface area (Å²) in [5.74, 6) is -0.103. The standard InChI is InChI=1S/C19H18F3N3O/c1-11-3-6-15(10-16(11)19(20,21)22)23-14-7-4-13(5-8-14)18-12(2)9-17(26)24-25-18/h3-8,10,12,23H,9H2,1-2H3,(H,24,26)/t12-/m1/s1. The molecule has 0 unspecified atom stereocenters. The van der Waals surface area contributed by atoms with E-state index in [1.54, 1.807) is 18.2 Å². The van der Waals surface area contributed by atoms with Crippen molar-refractivity contribution in [1.82, 2.24) is 5.43 Å². The van der Waals surface area contributed by atoms with Gasteiger partial charge in [-0.3, -0.25) is 4.79 Å². The van der Waals surface area contributed by atoms with Gasteiger partial charge >= 0.3 is 6.18 Å². The molecule has 0 radical (unpaired) electrons. The molecule has 26 heavy (non-hydrogen) atoms. The molecule has 0 saturated heterocycles. The Morgan fingerprint density at radius 3 is 2.38 bits per heavy atom. The predicted octanol–water partition coefficient (Wildman–Crippen LogP) is 4.62. The first-order chi connectivity index (χ1) is 12.2. The van der Waals surface area contributed by atoms with Crippen LogP contribution in [0, 0.1) is 12.8 Å². The van der Waals surface area contributed by atoms with Gasteiger partial charge in [-0.15, -0.1) is 0 Å². The summed E-state index contributed by atoms with van der Waals surface area (Å²) in [4.78, 5) is 11.3. The number of rotatable bonds is 3. The van der Waals surface area contributed by atoms with Gasteiger partial charge in [-0.25, -0.2) is 5.43 Å². The molecule has 0 saturated carbocycles. The molecule has 2 aromatic rings. The summed E-state index contributed by atoms with van der Waals surface area (Å²) in [5.41, 5.74) is 4.68. The molecule has 7 heteroatoms. The molecule has 2 N–H and O–H groups in total. The van der Waals surface area contributed by atoms with E-state index in [0.29, 0.717) is 17.8 Å². The Balaban J connectivity index is 1.79. The molecule has 1 aliphatic rings. The lowest BCUT2D eigenvalue weighted by Gasteiger charge is -2.19. The predicted molar refractivity (Wildman–Crippen MR) is 94.4 cm³/mol. The van der Waals surface area contributed by atoms with Gasteiger partial charge in [0.25, 0.3) is 0 Å². The van der Waals surface area contributed by atoms with Crippen LogP contribution in [0.1, 0.15) is 30.0 Å². The van der Waals surface area contributed by atoms with E-state index >= 15 is 0 Å². The number of benzene rings is 2. The number of hydrazone groups is 1. The molecule has 0 bridgehead atoms. The monoisotopic (exact) mass is 361 g/mol. The van der Waals surface area contributed by atoms with E-state index in [1.807, 2.05) is 19.1 Å². The van der Waals surface area contributed by atoms with Gasteiger partial charge in [0.05, 0.1) is 11.3 Å². The minimum absolute atomic E-state index is 0.00833. The van der Waals surface area contributed by atoms with Crippen molar-refractivity contribution in [2.75, 3.05) is 5.32 Å². The lowest BCUT2D eigenvalue weighted by Crippen LogP contribution is -2.31. The second kappa shape index (κ2) is 6.82. The van der Waals surface area contributed by atoms with Crippen molar-refractivity contribution in [3.63, 3.8) is 0 Å². The molecule has 3 rings (SSSR count). The van der Waals surface area contributed by atoms with E-state index in [2.05, 4.69) is 15.8 Å². The molecule has 136 valence electrons. The molecule has 1 heterocycles. The SMILES string of the molecule is Cc1ccc(Nc2ccc(C3=NNC(=O)C[C@H]3C)cc2)cc1C(F)(F)F. The molecular weight excluding hydrogens is 343 g/mol. The fourth-order valence-electron chi connectivity index (χ4n) is 2.90. The molecule has 2 aromatic carbocycles. The Labute approximate surface area is 149 Å². The first kappa shape index (κ1) is 18.0. The Bertz CT molecular complexity index is 857. The van der Waals surface area contributed by atoms with Crippen molar-refractivity contribution in [3.05, 3.63) is 59.2 Å². The molecular formula is C19H18F3N3O. The van der Waals surface area contributed by atoms with Gasteiger partial charge in [-0.1, -0.05) is 25.1 Å². The van der Waals surface area contributed by atoms with Crippen LogP contribution >= 0.6 is 0 Å². The van der Waals surface area contributed by atoms with E-state index in [9.17, 15) is 18.0 Å². The Morgan fingerprint density at radius 1 is 1.12 bits per heavy atom. The van der Waals surface area contributed by atoms with Gasteiger partial charge in [0.1, 0.15) is 0 Å². The highest BCUT2D eigenvalue weighted by atomic mass is 19.4. The summed E-state index contributed by atoms with van der Waals surface area (Å²) in [5, 5.41) is 7.08. The fraction of sp³-hybridized carbons (Fsp3) is 0.263. The average molecular weight is 361 g/mol. The van der Waals surface area contributed by atoms with Crippen LogP contribution in [0.4, 0.5) is 24.5 Å². The third kappa shape index (κ3) is 3.87. The Hall–Kier alpha value is -2.83. The number of carbonyl (C=O) groups excluding carboxylic acids is 1. The summed E-state index contributed by atoms with van der Waals surface area (Å²) in [6.45, 7) is 3.36. The topological polar surface area (TPSA) is 53.5 Å². The summed E-state index contributed by atoms with van der Waals surface area (Å²) in [6, 6.07) is 11.4. The number of nitrogens with one attached hydrogen (secondary N) is 2. The quantitative estimate of drug-likeness (QED) is 0.838. The molecule has 0 fully saturated rings. The van der Waals surface area contributed by atoms with Crippen molar-refractivity contribution in [2.45, 2.75) is 26.4 Å². The summed E-state index contributed by atoms with van der Waals surface area (Å²) >= 11 is 0. The minimum atomic E-state index is -4.38. The van der Waals surface area contributed by atoms with E-state index in [4.69, 9.17) is 0 Å². The molecule has 1 atom stereocenters. The van der Waals surface area contributed by atoms with E-state index in [-0.39, 0.29) is 17.4 Å². The van der Waals surface area contributed by atoms with Crippen LogP contribution in [0.2, 0.25) is 0 Å². The molecule has 0 aliphatic carbocycles. The van der Waals surface area contributed by atoms with Crippen molar-refractivity contribution < 1.29 is 18.0 Å². The number of hydrogen-bond acceptors (Lipinski definition) is 3. The lowest BCUT2D eigenvalue weighted by molar-refractivity contribution is -0.138. The Morgan fingerprint density at radius 2 is 1.77 bits per heavy atom. The highest BCUT2D eigenvalue weighted by Gasteiger charge is 2.32. The number of alkyl halides is 3. The van der Waals surface area contributed by atoms with Gasteiger partial charge in [0.2, 0.25) is 5.91 Å². The van der Waals surface area contributed by atoms with E-state index in [0.717, 1.165) is 17.3 Å². The van der Waals surface area contributed by atoms with Crippen LogP contribution < -0.4 is 10.7 Å². The summed E-state index contributed by atoms with van der Waals surface area (Å²) < 4.78 is 39.1. The van der Waals surface area contributed by atoms with Crippen LogP contribution in [0.15, 0.2) is 47.6 Å². The number of nitrogens with zero attached hydrogens (tertiary/aromatic N) is 1. The summed E-state index contributed by atoms with van der Waals surface area (Å²) in [6.07, 6.45) is -4.01. The van der Waals surface area contributed by atoms with Crippen molar-refractivity contribution in [1.29, 1.82) is 0 Å². The zero-order valence-electron chi connectivity index (χ0n) is 14.3. The van der Waals surface area contributed by atoms with Gasteiger partial charge < -0.3 is 5.32 Å². The van der Waals surface area contributed by atoms with E-state index in [1.165, 1.54) is 13.0 Å². The lowest BCUT2D eigenvalue weighted by atomic mass is 9.94. The highest BCUT2D eigenvalue weighted by Crippen LogP contribution is 2.34. The van der Waals surface area contributed by atoms with Crippen molar-refractivity contribution >= 4 is 23.0 Å². The average Bonchev–Trinajstić information content (AvgIpc) is 2.57. The van der Waals surface area contributed by atoms with Gasteiger partial charge in [0.15, 0.2) is 0 Å². The number of aryl methyl sites for hydroxylation is 1. The number of halogens is 3. The summed E-state index contributed by atoms with van der Waals surface area (Å²) in [7, 11) is 0. The van der Waals surface area contributed by atoms with Crippen LogP contribution in [0.3, 0.4) is 0 Å². The molecule has 1 aliphatic heterocycles. The highest BCUT2D eigenvalue weighted by molar-refractivity contribution is 6.05. The van der Waals surface area contributed by atoms with Gasteiger partial charge in [0, 0.05) is 23.7 Å². The van der Waals surface area contributed by atoms with Gasteiger partial charge in [-0.2, -0.15) is 18.3 Å². The van der Waals surface area contributed by atoms with Crippen LogP contribution in [0.25, 0.3) is 0 Å². The maximum atomic E-state index is 13.0. The maximum Gasteiger partial charge on any atom is 0.416 e. The van der Waals surface area contributed by atoms with Crippen LogP contribution in [0.5, 0.6) is 0 Å². The normalized spacial score (nSPS) is 17.5. The smallest absolute Gasteiger partial charge is 0.356 e. The number of carbonyl (C=O) groups is 1. The van der Waals surface area contributed by atoms with E-state index < -0.39 is 11.7 Å². The molecule has 0 aromatic heterocycles. The number of anilines is 2. The molecule has 0 spiro atoms. The largest absolute Gasteiger partial charge is 0.416 e. The van der Waals surface area contributed by atoms with Crippen LogP contribution in [-0.2, 0) is 11.0 Å². The van der Waals surface area contributed by atoms with Crippen molar-refractivity contribution in [2.24, 2.45) is 11.0 Å². The number of amides is 1. The third-order valence-corrected chi connectivity index (χ3v) is 4.27. The minimum Gasteiger partial charge on any atom is -0.356 e. The fourth-order valence-corrected chi connectivity index (χ4v) is 2.90. The van der Waals surface area contributed by atoms with Gasteiger partial charge in [-0.05, 0) is 42.3 Å². The van der Waals surface area contributed by atoms with Crippen molar-refractivity contribution in [3.8, 4) is 0 Å². The number of hydrogen-bond donors (Lipinski definition) is 2. The first-order valence-electron chi connectivity index (χ1n) is 8.16. The third-order valence-electron chi connectivity index (χ3n) is 4.27. The maximum absolute atomic E-state index is 13.0. The second-order valence-corrected chi connectivity index (χ2v) is 6.37. The second-order valence-electron chi connectivity index (χ2n) is 6.37. The Kier molecular flexibility index (Phi) is 4.71. The zero-order valence-corrected chi connectivity index (χ0v) is 14.3. The molecule has 4 nitrogen and oxygen atoms in total. The molecule has 1 amide bonds. The first-order valence-corrected chi connectivity index (χ1v) is 8.16.